The largest absolute Gasteiger partial charge is 0.451 e. The molecule has 0 radical (unpaired) electrons. The number of rotatable bonds is 4. The summed E-state index contributed by atoms with van der Waals surface area (Å²) >= 11 is 1.32. The van der Waals surface area contributed by atoms with Crippen molar-refractivity contribution in [3.63, 3.8) is 0 Å². The molecule has 0 aliphatic rings. The number of benzene rings is 1. The molecule has 0 fully saturated rings. The molecular formula is C17H9F2N3OS. The summed E-state index contributed by atoms with van der Waals surface area (Å²) in [4.78, 5) is 8.86. The van der Waals surface area contributed by atoms with Crippen LogP contribution in [0.3, 0.4) is 0 Å². The molecule has 0 atom stereocenters. The Kier molecular flexibility index (Phi) is 4.68. The topological polar surface area (TPSA) is 58.8 Å². The Bertz CT molecular complexity index is 913. The molecule has 3 rings (SSSR count). The molecule has 0 unspecified atom stereocenters. The van der Waals surface area contributed by atoms with Gasteiger partial charge in [0.1, 0.15) is 16.9 Å². The minimum absolute atomic E-state index is 0.00379. The summed E-state index contributed by atoms with van der Waals surface area (Å²) in [5, 5.41) is 9.86. The zero-order valence-corrected chi connectivity index (χ0v) is 12.9. The molecule has 0 aliphatic carbocycles. The van der Waals surface area contributed by atoms with Crippen molar-refractivity contribution >= 4 is 11.8 Å². The van der Waals surface area contributed by atoms with Crippen molar-refractivity contribution in [2.24, 2.45) is 0 Å². The van der Waals surface area contributed by atoms with Gasteiger partial charge in [-0.1, -0.05) is 17.8 Å². The third-order valence-corrected chi connectivity index (χ3v) is 3.82. The summed E-state index contributed by atoms with van der Waals surface area (Å²) in [5.41, 5.74) is 0.00379. The molecule has 1 aromatic carbocycles. The fraction of sp³-hybridized carbons (Fsp3) is 0. The molecule has 2 aromatic heterocycles. The highest BCUT2D eigenvalue weighted by Crippen LogP contribution is 2.32. The van der Waals surface area contributed by atoms with Gasteiger partial charge in [-0.15, -0.1) is 0 Å². The maximum atomic E-state index is 13.7. The molecule has 0 N–H and O–H groups in total. The highest BCUT2D eigenvalue weighted by atomic mass is 32.2. The Morgan fingerprint density at radius 3 is 2.62 bits per heavy atom. The van der Waals surface area contributed by atoms with E-state index in [2.05, 4.69) is 9.97 Å². The second-order valence-corrected chi connectivity index (χ2v) is 5.67. The highest BCUT2D eigenvalue weighted by molar-refractivity contribution is 7.99. The molecule has 24 heavy (non-hydrogen) atoms. The van der Waals surface area contributed by atoms with E-state index in [1.807, 2.05) is 18.2 Å². The number of halogens is 2. The van der Waals surface area contributed by atoms with E-state index in [4.69, 9.17) is 10.00 Å². The molecule has 3 aromatic rings. The quantitative estimate of drug-likeness (QED) is 0.696. The molecular weight excluding hydrogens is 332 g/mol. The van der Waals surface area contributed by atoms with Gasteiger partial charge in [-0.3, -0.25) is 0 Å². The Morgan fingerprint density at radius 1 is 1.04 bits per heavy atom. The lowest BCUT2D eigenvalue weighted by atomic mass is 10.3. The number of hydrogen-bond donors (Lipinski definition) is 0. The Labute approximate surface area is 140 Å². The van der Waals surface area contributed by atoms with Crippen LogP contribution in [0.15, 0.2) is 64.8 Å². The van der Waals surface area contributed by atoms with Crippen LogP contribution in [0.25, 0.3) is 0 Å². The van der Waals surface area contributed by atoms with Gasteiger partial charge in [0.25, 0.3) is 0 Å². The first-order valence-corrected chi connectivity index (χ1v) is 7.59. The number of nitrogens with zero attached hydrogens (tertiary/aromatic N) is 3. The standard InChI is InChI=1S/C17H9F2N3OS/c18-11-4-5-15(13(19)7-11)23-16-8-12(10-22-14(16)9-20)24-17-3-1-2-6-21-17/h1-8,10H. The van der Waals surface area contributed by atoms with Crippen LogP contribution in [-0.4, -0.2) is 9.97 Å². The number of ether oxygens (including phenoxy) is 1. The summed E-state index contributed by atoms with van der Waals surface area (Å²) in [6, 6.07) is 11.8. The van der Waals surface area contributed by atoms with Crippen molar-refractivity contribution in [3.8, 4) is 17.6 Å². The number of aromatic nitrogens is 2. The van der Waals surface area contributed by atoms with Crippen LogP contribution in [-0.2, 0) is 0 Å². The van der Waals surface area contributed by atoms with E-state index in [1.165, 1.54) is 18.0 Å². The molecule has 0 saturated carbocycles. The van der Waals surface area contributed by atoms with Crippen LogP contribution in [0.1, 0.15) is 5.69 Å². The first kappa shape index (κ1) is 15.9. The maximum absolute atomic E-state index is 13.7. The van der Waals surface area contributed by atoms with E-state index in [1.54, 1.807) is 18.3 Å². The van der Waals surface area contributed by atoms with Gasteiger partial charge < -0.3 is 4.74 Å². The first-order valence-electron chi connectivity index (χ1n) is 6.77. The van der Waals surface area contributed by atoms with Crippen LogP contribution < -0.4 is 4.74 Å². The fourth-order valence-electron chi connectivity index (χ4n) is 1.85. The second-order valence-electron chi connectivity index (χ2n) is 4.58. The minimum atomic E-state index is -0.860. The summed E-state index contributed by atoms with van der Waals surface area (Å²) < 4.78 is 32.1. The number of pyridine rings is 2. The zero-order valence-electron chi connectivity index (χ0n) is 12.1. The predicted octanol–water partition coefficient (Wildman–Crippen LogP) is 4.57. The van der Waals surface area contributed by atoms with Gasteiger partial charge in [0.05, 0.1) is 0 Å². The van der Waals surface area contributed by atoms with Gasteiger partial charge in [0.2, 0.25) is 0 Å². The van der Waals surface area contributed by atoms with E-state index >= 15 is 0 Å². The van der Waals surface area contributed by atoms with Crippen molar-refractivity contribution in [2.45, 2.75) is 9.92 Å². The molecule has 0 aliphatic heterocycles. The second kappa shape index (κ2) is 7.06. The van der Waals surface area contributed by atoms with Gasteiger partial charge in [-0.05, 0) is 30.3 Å². The van der Waals surface area contributed by atoms with Crippen molar-refractivity contribution in [2.75, 3.05) is 0 Å². The van der Waals surface area contributed by atoms with Gasteiger partial charge in [0.15, 0.2) is 23.0 Å². The average Bonchev–Trinajstić information content (AvgIpc) is 2.59. The van der Waals surface area contributed by atoms with Gasteiger partial charge in [-0.2, -0.15) is 5.26 Å². The van der Waals surface area contributed by atoms with Crippen molar-refractivity contribution in [3.05, 3.63) is 72.2 Å². The van der Waals surface area contributed by atoms with Crippen LogP contribution in [0.4, 0.5) is 8.78 Å². The van der Waals surface area contributed by atoms with Gasteiger partial charge in [0, 0.05) is 23.4 Å². The van der Waals surface area contributed by atoms with Gasteiger partial charge >= 0.3 is 0 Å². The van der Waals surface area contributed by atoms with E-state index < -0.39 is 11.6 Å². The van der Waals surface area contributed by atoms with Crippen LogP contribution in [0.2, 0.25) is 0 Å². The zero-order chi connectivity index (χ0) is 16.9. The Balaban J connectivity index is 1.91. The van der Waals surface area contributed by atoms with Crippen LogP contribution >= 0.6 is 11.8 Å². The maximum Gasteiger partial charge on any atom is 0.183 e. The summed E-state index contributed by atoms with van der Waals surface area (Å²) in [6.45, 7) is 0. The third kappa shape index (κ3) is 3.67. The van der Waals surface area contributed by atoms with Gasteiger partial charge in [-0.25, -0.2) is 18.7 Å². The number of nitriles is 1. The minimum Gasteiger partial charge on any atom is -0.451 e. The summed E-state index contributed by atoms with van der Waals surface area (Å²) in [7, 11) is 0. The van der Waals surface area contributed by atoms with E-state index in [-0.39, 0.29) is 17.2 Å². The smallest absolute Gasteiger partial charge is 0.183 e. The Morgan fingerprint density at radius 2 is 1.92 bits per heavy atom. The predicted molar refractivity (Wildman–Crippen MR) is 83.7 cm³/mol. The molecule has 4 nitrogen and oxygen atoms in total. The van der Waals surface area contributed by atoms with Crippen molar-refractivity contribution in [1.29, 1.82) is 5.26 Å². The van der Waals surface area contributed by atoms with Crippen molar-refractivity contribution in [1.82, 2.24) is 9.97 Å². The highest BCUT2D eigenvalue weighted by Gasteiger charge is 2.12. The van der Waals surface area contributed by atoms with E-state index in [9.17, 15) is 8.78 Å². The third-order valence-electron chi connectivity index (χ3n) is 2.91. The normalized spacial score (nSPS) is 10.2. The average molecular weight is 341 g/mol. The fourth-order valence-corrected chi connectivity index (χ4v) is 2.62. The summed E-state index contributed by atoms with van der Waals surface area (Å²) in [5.74, 6) is -1.67. The van der Waals surface area contributed by atoms with E-state index in [0.29, 0.717) is 11.0 Å². The lowest BCUT2D eigenvalue weighted by Crippen LogP contribution is -1.95. The molecule has 7 heteroatoms. The monoisotopic (exact) mass is 341 g/mol. The van der Waals surface area contributed by atoms with Crippen molar-refractivity contribution < 1.29 is 13.5 Å². The molecule has 0 bridgehead atoms. The SMILES string of the molecule is N#Cc1ncc(Sc2ccccn2)cc1Oc1ccc(F)cc1F. The van der Waals surface area contributed by atoms with Crippen LogP contribution in [0, 0.1) is 23.0 Å². The molecule has 0 amide bonds. The lowest BCUT2D eigenvalue weighted by Gasteiger charge is -2.09. The Hall–Kier alpha value is -2.98. The first-order chi connectivity index (χ1) is 11.7. The lowest BCUT2D eigenvalue weighted by molar-refractivity contribution is 0.434. The summed E-state index contributed by atoms with van der Waals surface area (Å²) in [6.07, 6.45) is 3.16. The molecule has 2 heterocycles. The van der Waals surface area contributed by atoms with E-state index in [0.717, 1.165) is 17.2 Å². The van der Waals surface area contributed by atoms with Crippen LogP contribution in [0.5, 0.6) is 11.5 Å². The molecule has 0 spiro atoms. The number of hydrogen-bond acceptors (Lipinski definition) is 5. The molecule has 118 valence electrons. The molecule has 0 saturated heterocycles.